The molecule has 1 N–H and O–H groups in total. The molecule has 1 aliphatic rings. The van der Waals surface area contributed by atoms with Crippen LogP contribution >= 0.6 is 11.6 Å². The highest BCUT2D eigenvalue weighted by atomic mass is 35.5. The molecule has 0 bridgehead atoms. The summed E-state index contributed by atoms with van der Waals surface area (Å²) in [7, 11) is 0. The summed E-state index contributed by atoms with van der Waals surface area (Å²) in [6.45, 7) is 1.62. The normalized spacial score (nSPS) is 12.5. The molecule has 0 fully saturated rings. The molecule has 0 saturated carbocycles. The van der Waals surface area contributed by atoms with Crippen molar-refractivity contribution in [2.24, 2.45) is 0 Å². The molecule has 3 aromatic carbocycles. The lowest BCUT2D eigenvalue weighted by molar-refractivity contribution is -0.394. The van der Waals surface area contributed by atoms with Crippen molar-refractivity contribution >= 4 is 52.1 Å². The third kappa shape index (κ3) is 3.95. The van der Waals surface area contributed by atoms with Gasteiger partial charge in [-0.25, -0.2) is 4.90 Å². The molecule has 170 valence electrons. The van der Waals surface area contributed by atoms with Crippen LogP contribution in [0.3, 0.4) is 0 Å². The maximum Gasteiger partial charge on any atom is 0.277 e. The highest BCUT2D eigenvalue weighted by Gasteiger charge is 2.37. The summed E-state index contributed by atoms with van der Waals surface area (Å²) < 4.78 is 0. The van der Waals surface area contributed by atoms with Gasteiger partial charge in [0.1, 0.15) is 0 Å². The minimum absolute atomic E-state index is 0.182. The van der Waals surface area contributed by atoms with Crippen LogP contribution in [0.15, 0.2) is 54.6 Å². The van der Waals surface area contributed by atoms with Crippen LogP contribution in [0.4, 0.5) is 22.7 Å². The third-order valence-electron chi connectivity index (χ3n) is 5.13. The summed E-state index contributed by atoms with van der Waals surface area (Å²) >= 11 is 5.94. The highest BCUT2D eigenvalue weighted by Crippen LogP contribution is 2.33. The van der Waals surface area contributed by atoms with Gasteiger partial charge in [-0.15, -0.1) is 0 Å². The molecule has 3 aromatic rings. The first kappa shape index (κ1) is 22.6. The molecule has 1 aliphatic heterocycles. The fraction of sp³-hybridized carbons (Fsp3) is 0.0455. The van der Waals surface area contributed by atoms with Gasteiger partial charge in [0.05, 0.1) is 38.3 Å². The van der Waals surface area contributed by atoms with Gasteiger partial charge in [-0.3, -0.25) is 34.6 Å². The molecule has 3 amide bonds. The van der Waals surface area contributed by atoms with Crippen molar-refractivity contribution in [2.75, 3.05) is 10.2 Å². The highest BCUT2D eigenvalue weighted by molar-refractivity contribution is 6.37. The Balaban J connectivity index is 1.61. The zero-order valence-corrected chi connectivity index (χ0v) is 18.0. The van der Waals surface area contributed by atoms with Gasteiger partial charge in [0.25, 0.3) is 29.1 Å². The lowest BCUT2D eigenvalue weighted by Crippen LogP contribution is -2.30. The summed E-state index contributed by atoms with van der Waals surface area (Å²) in [6, 6.07) is 11.4. The number of halogens is 1. The Morgan fingerprint density at radius 3 is 2.09 bits per heavy atom. The van der Waals surface area contributed by atoms with E-state index in [1.807, 2.05) is 0 Å². The molecule has 0 aliphatic carbocycles. The zero-order valence-electron chi connectivity index (χ0n) is 17.3. The van der Waals surface area contributed by atoms with Crippen LogP contribution in [0.5, 0.6) is 0 Å². The number of carbonyl (C=O) groups is 3. The molecule has 0 atom stereocenters. The van der Waals surface area contributed by atoms with Crippen molar-refractivity contribution in [1.82, 2.24) is 0 Å². The molecule has 0 radical (unpaired) electrons. The summed E-state index contributed by atoms with van der Waals surface area (Å²) in [5.41, 5.74) is -0.0529. The minimum Gasteiger partial charge on any atom is -0.322 e. The number of non-ortho nitro benzene ring substituents is 2. The van der Waals surface area contributed by atoms with Gasteiger partial charge in [0, 0.05) is 22.8 Å². The smallest absolute Gasteiger partial charge is 0.277 e. The molecule has 12 heteroatoms. The van der Waals surface area contributed by atoms with E-state index in [0.717, 1.165) is 23.1 Å². The lowest BCUT2D eigenvalue weighted by Gasteiger charge is -2.17. The predicted molar refractivity (Wildman–Crippen MR) is 121 cm³/mol. The van der Waals surface area contributed by atoms with E-state index in [1.165, 1.54) is 36.4 Å². The number of fused-ring (bicyclic) bond motifs is 1. The number of hydrogen-bond acceptors (Lipinski definition) is 7. The first-order chi connectivity index (χ1) is 16.1. The number of anilines is 2. The van der Waals surface area contributed by atoms with Gasteiger partial charge in [-0.2, -0.15) is 0 Å². The number of amides is 3. The summed E-state index contributed by atoms with van der Waals surface area (Å²) in [5.74, 6) is -1.86. The molecule has 1 heterocycles. The van der Waals surface area contributed by atoms with Gasteiger partial charge in [0.2, 0.25) is 0 Å². The van der Waals surface area contributed by atoms with E-state index < -0.39 is 38.9 Å². The fourth-order valence-corrected chi connectivity index (χ4v) is 3.73. The van der Waals surface area contributed by atoms with Crippen LogP contribution in [0.2, 0.25) is 5.02 Å². The number of aryl methyl sites for hydroxylation is 1. The van der Waals surface area contributed by atoms with Crippen LogP contribution in [-0.2, 0) is 0 Å². The third-order valence-corrected chi connectivity index (χ3v) is 5.37. The number of nitro groups is 2. The van der Waals surface area contributed by atoms with E-state index in [4.69, 9.17) is 11.6 Å². The van der Waals surface area contributed by atoms with Crippen molar-refractivity contribution in [1.29, 1.82) is 0 Å². The van der Waals surface area contributed by atoms with E-state index in [0.29, 0.717) is 16.3 Å². The van der Waals surface area contributed by atoms with Crippen LogP contribution in [0, 0.1) is 27.2 Å². The Kier molecular flexibility index (Phi) is 5.55. The Bertz CT molecular complexity index is 1400. The summed E-state index contributed by atoms with van der Waals surface area (Å²) in [5, 5.41) is 24.9. The molecular weight excluding hydrogens is 468 g/mol. The number of nitro benzene ring substituents is 2. The number of nitrogens with zero attached hydrogens (tertiary/aromatic N) is 3. The molecule has 0 aromatic heterocycles. The maximum atomic E-state index is 12.8. The predicted octanol–water partition coefficient (Wildman–Crippen LogP) is 4.52. The van der Waals surface area contributed by atoms with E-state index in [2.05, 4.69) is 5.32 Å². The van der Waals surface area contributed by atoms with Crippen molar-refractivity contribution < 1.29 is 24.2 Å². The standard InChI is InChI=1S/C22H13ClN4O7/c1-11-6-14(24-20(28)12-7-15(26(31)32)10-16(8-12)27(33)34)3-5-19(11)25-21(29)17-4-2-13(23)9-18(17)22(25)30/h2-10H,1H3,(H,24,28). The number of benzene rings is 3. The van der Waals surface area contributed by atoms with Crippen LogP contribution in [-0.4, -0.2) is 27.6 Å². The van der Waals surface area contributed by atoms with Gasteiger partial charge in [-0.1, -0.05) is 11.6 Å². The second-order valence-corrected chi connectivity index (χ2v) is 7.78. The molecule has 34 heavy (non-hydrogen) atoms. The van der Waals surface area contributed by atoms with E-state index in [-0.39, 0.29) is 22.4 Å². The Morgan fingerprint density at radius 2 is 1.50 bits per heavy atom. The SMILES string of the molecule is Cc1cc(NC(=O)c2cc([N+](=O)[O-])cc([N+](=O)[O-])c2)ccc1N1C(=O)c2ccc(Cl)cc2C1=O. The quantitative estimate of drug-likeness (QED) is 0.320. The van der Waals surface area contributed by atoms with Crippen molar-refractivity contribution in [3.05, 3.63) is 102 Å². The first-order valence-corrected chi connectivity index (χ1v) is 9.99. The molecule has 0 saturated heterocycles. The van der Waals surface area contributed by atoms with Crippen LogP contribution < -0.4 is 10.2 Å². The molecular formula is C22H13ClN4O7. The minimum atomic E-state index is -0.835. The Hall–Kier alpha value is -4.64. The maximum absolute atomic E-state index is 12.8. The number of nitrogens with one attached hydrogen (secondary N) is 1. The van der Waals surface area contributed by atoms with Gasteiger partial charge in [-0.05, 0) is 48.9 Å². The van der Waals surface area contributed by atoms with Gasteiger partial charge in [0.15, 0.2) is 0 Å². The van der Waals surface area contributed by atoms with Crippen molar-refractivity contribution in [3.63, 3.8) is 0 Å². The second kappa shape index (κ2) is 8.37. The zero-order chi connectivity index (χ0) is 24.7. The average molecular weight is 481 g/mol. The molecule has 11 nitrogen and oxygen atoms in total. The number of imide groups is 1. The average Bonchev–Trinajstić information content (AvgIpc) is 3.03. The van der Waals surface area contributed by atoms with Crippen LogP contribution in [0.1, 0.15) is 36.6 Å². The van der Waals surface area contributed by atoms with Crippen molar-refractivity contribution in [3.8, 4) is 0 Å². The number of hydrogen-bond donors (Lipinski definition) is 1. The summed E-state index contributed by atoms with van der Waals surface area (Å²) in [6.07, 6.45) is 0. The fourth-order valence-electron chi connectivity index (χ4n) is 3.56. The van der Waals surface area contributed by atoms with Crippen molar-refractivity contribution in [2.45, 2.75) is 6.92 Å². The van der Waals surface area contributed by atoms with E-state index >= 15 is 0 Å². The first-order valence-electron chi connectivity index (χ1n) is 9.61. The van der Waals surface area contributed by atoms with E-state index in [9.17, 15) is 34.6 Å². The Labute approximate surface area is 195 Å². The second-order valence-electron chi connectivity index (χ2n) is 7.34. The van der Waals surface area contributed by atoms with Crippen LogP contribution in [0.25, 0.3) is 0 Å². The number of carbonyl (C=O) groups excluding carboxylic acids is 3. The number of rotatable bonds is 5. The monoisotopic (exact) mass is 480 g/mol. The van der Waals surface area contributed by atoms with Gasteiger partial charge >= 0.3 is 0 Å². The van der Waals surface area contributed by atoms with Gasteiger partial charge < -0.3 is 5.32 Å². The Morgan fingerprint density at radius 1 is 0.882 bits per heavy atom. The lowest BCUT2D eigenvalue weighted by atomic mass is 10.1. The van der Waals surface area contributed by atoms with E-state index in [1.54, 1.807) is 6.92 Å². The molecule has 0 spiro atoms. The topological polar surface area (TPSA) is 153 Å². The largest absolute Gasteiger partial charge is 0.322 e. The summed E-state index contributed by atoms with van der Waals surface area (Å²) in [4.78, 5) is 59.6. The molecule has 0 unspecified atom stereocenters. The molecule has 4 rings (SSSR count).